The van der Waals surface area contributed by atoms with Gasteiger partial charge in [-0.3, -0.25) is 0 Å². The summed E-state index contributed by atoms with van der Waals surface area (Å²) in [5.74, 6) is -0.890. The van der Waals surface area contributed by atoms with E-state index in [0.717, 1.165) is 25.1 Å². The molecule has 2 heterocycles. The highest BCUT2D eigenvalue weighted by Crippen LogP contribution is 2.31. The van der Waals surface area contributed by atoms with Crippen molar-refractivity contribution in [1.82, 2.24) is 4.90 Å². The van der Waals surface area contributed by atoms with E-state index >= 15 is 0 Å². The lowest BCUT2D eigenvalue weighted by molar-refractivity contribution is 0.0697. The summed E-state index contributed by atoms with van der Waals surface area (Å²) < 4.78 is 0.633. The number of hydrogen-bond donors (Lipinski definition) is 2. The molecule has 0 spiro atoms. The van der Waals surface area contributed by atoms with Crippen molar-refractivity contribution in [3.63, 3.8) is 0 Å². The topological polar surface area (TPSA) is 52.6 Å². The molecule has 5 heteroatoms. The molecule has 2 saturated heterocycles. The fourth-order valence-corrected chi connectivity index (χ4v) is 3.97. The van der Waals surface area contributed by atoms with E-state index in [9.17, 15) is 9.90 Å². The predicted molar refractivity (Wildman–Crippen MR) is 82.3 cm³/mol. The van der Waals surface area contributed by atoms with Gasteiger partial charge < -0.3 is 15.3 Å². The zero-order chi connectivity index (χ0) is 14.1. The van der Waals surface area contributed by atoms with Crippen molar-refractivity contribution < 1.29 is 9.90 Å². The first-order valence-corrected chi connectivity index (χ1v) is 7.97. The lowest BCUT2D eigenvalue weighted by Gasteiger charge is -2.35. The first-order valence-electron chi connectivity index (χ1n) is 7.17. The lowest BCUT2D eigenvalue weighted by Crippen LogP contribution is -2.42. The molecule has 2 atom stereocenters. The van der Waals surface area contributed by atoms with Crippen LogP contribution in [0.2, 0.25) is 0 Å². The van der Waals surface area contributed by atoms with Gasteiger partial charge in [0.05, 0.1) is 11.3 Å². The van der Waals surface area contributed by atoms with Gasteiger partial charge in [0.2, 0.25) is 0 Å². The van der Waals surface area contributed by atoms with Crippen LogP contribution in [-0.4, -0.2) is 41.1 Å². The van der Waals surface area contributed by atoms with Crippen molar-refractivity contribution in [3.8, 4) is 0 Å². The second kappa shape index (κ2) is 5.74. The first-order chi connectivity index (χ1) is 9.65. The maximum atomic E-state index is 11.4. The molecule has 0 aromatic heterocycles. The number of halogens is 1. The Morgan fingerprint density at radius 1 is 1.35 bits per heavy atom. The molecule has 0 saturated carbocycles. The van der Waals surface area contributed by atoms with Crippen LogP contribution in [0.25, 0.3) is 0 Å². The molecular weight excluding hydrogens is 320 g/mol. The number of aromatic carboxylic acids is 1. The van der Waals surface area contributed by atoms with Crippen molar-refractivity contribution >= 4 is 27.6 Å². The maximum absolute atomic E-state index is 11.4. The van der Waals surface area contributed by atoms with Crippen molar-refractivity contribution in [1.29, 1.82) is 0 Å². The average Bonchev–Trinajstić information content (AvgIpc) is 2.85. The molecule has 0 aliphatic carbocycles. The van der Waals surface area contributed by atoms with Crippen molar-refractivity contribution in [2.24, 2.45) is 0 Å². The minimum atomic E-state index is -0.890. The summed E-state index contributed by atoms with van der Waals surface area (Å²) in [7, 11) is 0. The number of nitrogens with one attached hydrogen (secondary N) is 1. The largest absolute Gasteiger partial charge is 0.478 e. The lowest BCUT2D eigenvalue weighted by atomic mass is 9.97. The zero-order valence-electron chi connectivity index (χ0n) is 11.3. The number of carbonyl (C=O) groups is 1. The molecule has 0 bridgehead atoms. The van der Waals surface area contributed by atoms with Crippen LogP contribution < -0.4 is 5.32 Å². The zero-order valence-corrected chi connectivity index (χ0v) is 12.9. The Morgan fingerprint density at radius 2 is 2.20 bits per heavy atom. The third-order valence-corrected chi connectivity index (χ3v) is 5.07. The molecule has 2 aliphatic rings. The molecule has 2 N–H and O–H groups in total. The van der Waals surface area contributed by atoms with Gasteiger partial charge in [0.15, 0.2) is 0 Å². The third-order valence-electron chi connectivity index (χ3n) is 4.41. The minimum Gasteiger partial charge on any atom is -0.478 e. The van der Waals surface area contributed by atoms with Gasteiger partial charge in [0.25, 0.3) is 0 Å². The fourth-order valence-electron chi connectivity index (χ4n) is 3.44. The van der Waals surface area contributed by atoms with Gasteiger partial charge >= 0.3 is 5.97 Å². The molecule has 20 heavy (non-hydrogen) atoms. The van der Waals surface area contributed by atoms with Gasteiger partial charge in [-0.15, -0.1) is 0 Å². The van der Waals surface area contributed by atoms with E-state index in [1.165, 1.54) is 19.4 Å². The Balaban J connectivity index is 1.75. The molecule has 108 valence electrons. The van der Waals surface area contributed by atoms with Crippen LogP contribution in [0, 0.1) is 0 Å². The van der Waals surface area contributed by atoms with Crippen molar-refractivity contribution in [3.05, 3.63) is 28.2 Å². The van der Waals surface area contributed by atoms with Gasteiger partial charge in [0.1, 0.15) is 0 Å². The van der Waals surface area contributed by atoms with Gasteiger partial charge in [-0.25, -0.2) is 4.79 Å². The fraction of sp³-hybridized carbons (Fsp3) is 0.533. The number of carboxylic acids is 1. The first kappa shape index (κ1) is 13.9. The molecule has 0 amide bonds. The van der Waals surface area contributed by atoms with Crippen LogP contribution in [0.3, 0.4) is 0 Å². The maximum Gasteiger partial charge on any atom is 0.338 e. The van der Waals surface area contributed by atoms with Crippen LogP contribution in [0.1, 0.15) is 36.0 Å². The molecule has 2 fully saturated rings. The van der Waals surface area contributed by atoms with Gasteiger partial charge in [-0.1, -0.05) is 6.07 Å². The van der Waals surface area contributed by atoms with Crippen molar-refractivity contribution in [2.75, 3.05) is 18.4 Å². The highest BCUT2D eigenvalue weighted by molar-refractivity contribution is 9.10. The van der Waals surface area contributed by atoms with Gasteiger partial charge in [-0.05, 0) is 60.3 Å². The SMILES string of the molecule is O=C(O)c1c(Br)cccc1NC1CCN2CCCC2C1. The average molecular weight is 339 g/mol. The third kappa shape index (κ3) is 2.69. The number of hydrogen-bond acceptors (Lipinski definition) is 3. The predicted octanol–water partition coefficient (Wildman–Crippen LogP) is 3.19. The second-order valence-electron chi connectivity index (χ2n) is 5.67. The molecular formula is C15H19BrN2O2. The summed E-state index contributed by atoms with van der Waals surface area (Å²) in [6.07, 6.45) is 4.78. The molecule has 1 aromatic carbocycles. The summed E-state index contributed by atoms with van der Waals surface area (Å²) in [4.78, 5) is 14.0. The molecule has 1 aromatic rings. The van der Waals surface area contributed by atoms with E-state index in [4.69, 9.17) is 0 Å². The van der Waals surface area contributed by atoms with Crippen LogP contribution in [0.4, 0.5) is 5.69 Å². The Morgan fingerprint density at radius 3 is 3.00 bits per heavy atom. The summed E-state index contributed by atoms with van der Waals surface area (Å²) in [6, 6.07) is 6.57. The molecule has 4 nitrogen and oxygen atoms in total. The van der Waals surface area contributed by atoms with E-state index in [0.29, 0.717) is 22.1 Å². The van der Waals surface area contributed by atoms with E-state index in [-0.39, 0.29) is 0 Å². The van der Waals surface area contributed by atoms with Crippen LogP contribution >= 0.6 is 15.9 Å². The monoisotopic (exact) mass is 338 g/mol. The number of fused-ring (bicyclic) bond motifs is 1. The van der Waals surface area contributed by atoms with E-state index in [2.05, 4.69) is 26.1 Å². The smallest absolute Gasteiger partial charge is 0.338 e. The number of nitrogens with zero attached hydrogens (tertiary/aromatic N) is 1. The standard InChI is InChI=1S/C15H19BrN2O2/c16-12-4-1-5-13(14(12)15(19)20)17-10-6-8-18-7-2-3-11(18)9-10/h1,4-5,10-11,17H,2-3,6-9H2,(H,19,20). The number of rotatable bonds is 3. The molecule has 2 aliphatic heterocycles. The van der Waals surface area contributed by atoms with E-state index in [1.54, 1.807) is 6.07 Å². The van der Waals surface area contributed by atoms with Crippen LogP contribution in [0.5, 0.6) is 0 Å². The van der Waals surface area contributed by atoms with E-state index in [1.807, 2.05) is 12.1 Å². The number of carboxylic acid groups (broad SMARTS) is 1. The summed E-state index contributed by atoms with van der Waals surface area (Å²) >= 11 is 3.33. The Bertz CT molecular complexity index is 521. The van der Waals surface area contributed by atoms with Crippen molar-refractivity contribution in [2.45, 2.75) is 37.8 Å². The van der Waals surface area contributed by atoms with E-state index < -0.39 is 5.97 Å². The van der Waals surface area contributed by atoms with Gasteiger partial charge in [0, 0.05) is 23.1 Å². The highest BCUT2D eigenvalue weighted by atomic mass is 79.9. The Kier molecular flexibility index (Phi) is 3.98. The normalized spacial score (nSPS) is 26.2. The number of anilines is 1. The molecule has 3 rings (SSSR count). The second-order valence-corrected chi connectivity index (χ2v) is 6.52. The molecule has 2 unspecified atom stereocenters. The summed E-state index contributed by atoms with van der Waals surface area (Å²) in [5, 5.41) is 12.8. The Hall–Kier alpha value is -1.07. The van der Waals surface area contributed by atoms with Crippen LogP contribution in [-0.2, 0) is 0 Å². The Labute approximate surface area is 127 Å². The number of benzene rings is 1. The minimum absolute atomic E-state index is 0.335. The highest BCUT2D eigenvalue weighted by Gasteiger charge is 2.32. The van der Waals surface area contributed by atoms with Crippen LogP contribution in [0.15, 0.2) is 22.7 Å². The number of piperidine rings is 1. The molecule has 0 radical (unpaired) electrons. The quantitative estimate of drug-likeness (QED) is 0.888. The van der Waals surface area contributed by atoms with Gasteiger partial charge in [-0.2, -0.15) is 0 Å². The summed E-state index contributed by atoms with van der Waals surface area (Å²) in [5.41, 5.74) is 1.06. The summed E-state index contributed by atoms with van der Waals surface area (Å²) in [6.45, 7) is 2.35.